The summed E-state index contributed by atoms with van der Waals surface area (Å²) in [5.41, 5.74) is 2.13. The molecule has 0 radical (unpaired) electrons. The third-order valence-electron chi connectivity index (χ3n) is 7.20. The lowest BCUT2D eigenvalue weighted by molar-refractivity contribution is -0.132. The molecule has 2 unspecified atom stereocenters. The number of halogens is 3. The molecule has 0 aliphatic carbocycles. The van der Waals surface area contributed by atoms with Crippen LogP contribution in [0.3, 0.4) is 0 Å². The van der Waals surface area contributed by atoms with Crippen LogP contribution in [0.15, 0.2) is 48.5 Å². The highest BCUT2D eigenvalue weighted by Crippen LogP contribution is 2.31. The van der Waals surface area contributed by atoms with Gasteiger partial charge in [0.1, 0.15) is 11.6 Å². The van der Waals surface area contributed by atoms with E-state index in [-0.39, 0.29) is 36.7 Å². The fraction of sp³-hybridized carbons (Fsp3) is 0.393. The summed E-state index contributed by atoms with van der Waals surface area (Å²) in [4.78, 5) is 46.8. The summed E-state index contributed by atoms with van der Waals surface area (Å²) in [6.45, 7) is 2.42. The number of carbonyl (C=O) groups is 3. The summed E-state index contributed by atoms with van der Waals surface area (Å²) in [7, 11) is 1.51. The number of hydroxylamine groups is 1. The molecule has 2 aliphatic rings. The van der Waals surface area contributed by atoms with E-state index in [1.165, 1.54) is 48.4 Å². The molecule has 226 valence electrons. The zero-order chi connectivity index (χ0) is 30.3. The summed E-state index contributed by atoms with van der Waals surface area (Å²) >= 11 is 6.03. The number of amides is 4. The van der Waals surface area contributed by atoms with E-state index in [9.17, 15) is 28.3 Å². The lowest BCUT2D eigenvalue weighted by Crippen LogP contribution is -2.54. The molecule has 0 bridgehead atoms. The van der Waals surface area contributed by atoms with Gasteiger partial charge in [-0.1, -0.05) is 35.9 Å². The van der Waals surface area contributed by atoms with E-state index in [0.29, 0.717) is 43.0 Å². The molecule has 0 aromatic heterocycles. The van der Waals surface area contributed by atoms with Crippen molar-refractivity contribution in [1.29, 1.82) is 0 Å². The molecule has 4 rings (SSSR count). The second kappa shape index (κ2) is 13.8. The Morgan fingerprint density at radius 2 is 1.93 bits per heavy atom. The summed E-state index contributed by atoms with van der Waals surface area (Å²) in [5.74, 6) is -1.20. The number of piperazine rings is 1. The first-order chi connectivity index (χ1) is 20.1. The number of nitrogens with zero attached hydrogens (tertiary/aromatic N) is 2. The minimum absolute atomic E-state index is 0.0631. The van der Waals surface area contributed by atoms with Crippen LogP contribution in [-0.4, -0.2) is 77.9 Å². The second-order valence-electron chi connectivity index (χ2n) is 10.1. The van der Waals surface area contributed by atoms with Crippen LogP contribution in [0.2, 0.25) is 5.02 Å². The second-order valence-corrected chi connectivity index (χ2v) is 10.5. The fourth-order valence-corrected chi connectivity index (χ4v) is 5.11. The van der Waals surface area contributed by atoms with Gasteiger partial charge in [-0.05, 0) is 36.3 Å². The Morgan fingerprint density at radius 1 is 1.19 bits per heavy atom. The number of rotatable bonds is 10. The maximum atomic E-state index is 13.9. The lowest BCUT2D eigenvalue weighted by Gasteiger charge is -2.35. The standard InChI is InChI=1S/C28H33ClF2N6O5/c1-36(26(39)33-17-19-5-3-7-22(31)25(19)29)21(8-9-24(38)37-12-10-32-11-13-37)15-28(34-27(40)41)16-23(35-42-28)18-4-2-6-20(30)14-18/h2-7,14,16,21,32,34-35H,8-13,15,17H2,1H3,(H,33,39)(H,40,41). The van der Waals surface area contributed by atoms with Crippen LogP contribution in [0, 0.1) is 11.6 Å². The molecular formula is C28H33ClF2N6O5. The van der Waals surface area contributed by atoms with Crippen molar-refractivity contribution in [3.8, 4) is 0 Å². The lowest BCUT2D eigenvalue weighted by atomic mass is 9.96. The third-order valence-corrected chi connectivity index (χ3v) is 7.63. The van der Waals surface area contributed by atoms with E-state index < -0.39 is 35.5 Å². The normalized spacial score (nSPS) is 19.0. The van der Waals surface area contributed by atoms with Crippen molar-refractivity contribution < 1.29 is 33.1 Å². The molecule has 2 atom stereocenters. The first-order valence-electron chi connectivity index (χ1n) is 13.4. The highest BCUT2D eigenvalue weighted by molar-refractivity contribution is 6.31. The number of hydrogen-bond donors (Lipinski definition) is 5. The molecule has 1 saturated heterocycles. The molecule has 14 heteroatoms. The topological polar surface area (TPSA) is 135 Å². The largest absolute Gasteiger partial charge is 0.465 e. The van der Waals surface area contributed by atoms with Gasteiger partial charge in [0.25, 0.3) is 0 Å². The van der Waals surface area contributed by atoms with Crippen molar-refractivity contribution in [2.24, 2.45) is 0 Å². The third kappa shape index (κ3) is 7.87. The van der Waals surface area contributed by atoms with Crippen molar-refractivity contribution >= 4 is 35.3 Å². The van der Waals surface area contributed by atoms with Gasteiger partial charge in [0, 0.05) is 64.2 Å². The first-order valence-corrected chi connectivity index (χ1v) is 13.8. The molecular weight excluding hydrogens is 574 g/mol. The van der Waals surface area contributed by atoms with Crippen molar-refractivity contribution in [3.63, 3.8) is 0 Å². The summed E-state index contributed by atoms with van der Waals surface area (Å²) in [6.07, 6.45) is 0.263. The molecule has 4 amide bonds. The number of urea groups is 1. The predicted molar refractivity (Wildman–Crippen MR) is 151 cm³/mol. The molecule has 2 aliphatic heterocycles. The van der Waals surface area contributed by atoms with E-state index in [1.807, 2.05) is 0 Å². The van der Waals surface area contributed by atoms with E-state index in [0.717, 1.165) is 0 Å². The Kier molecular flexibility index (Phi) is 10.2. The van der Waals surface area contributed by atoms with Crippen molar-refractivity contribution in [2.45, 2.75) is 37.6 Å². The Hall–Kier alpha value is -3.94. The maximum absolute atomic E-state index is 13.9. The van der Waals surface area contributed by atoms with Gasteiger partial charge in [-0.3, -0.25) is 15.6 Å². The zero-order valence-corrected chi connectivity index (χ0v) is 23.7. The first kappa shape index (κ1) is 31.0. The van der Waals surface area contributed by atoms with Gasteiger partial charge in [-0.25, -0.2) is 23.2 Å². The molecule has 2 aromatic rings. The Bertz CT molecular complexity index is 1340. The molecule has 11 nitrogen and oxygen atoms in total. The smallest absolute Gasteiger partial charge is 0.407 e. The molecule has 2 aromatic carbocycles. The summed E-state index contributed by atoms with van der Waals surface area (Å²) in [6, 6.07) is 8.68. The van der Waals surface area contributed by atoms with Crippen molar-refractivity contribution in [3.05, 3.63) is 76.3 Å². The van der Waals surface area contributed by atoms with Gasteiger partial charge >= 0.3 is 12.1 Å². The number of carbonyl (C=O) groups excluding carboxylic acids is 2. The molecule has 0 saturated carbocycles. The molecule has 42 heavy (non-hydrogen) atoms. The summed E-state index contributed by atoms with van der Waals surface area (Å²) in [5, 5.41) is 17.8. The van der Waals surface area contributed by atoms with E-state index in [1.54, 1.807) is 17.0 Å². The number of benzene rings is 2. The predicted octanol–water partition coefficient (Wildman–Crippen LogP) is 3.27. The average Bonchev–Trinajstić information content (AvgIpc) is 3.38. The highest BCUT2D eigenvalue weighted by atomic mass is 35.5. The minimum Gasteiger partial charge on any atom is -0.465 e. The van der Waals surface area contributed by atoms with Crippen LogP contribution < -0.4 is 21.4 Å². The Morgan fingerprint density at radius 3 is 2.64 bits per heavy atom. The van der Waals surface area contributed by atoms with Crippen LogP contribution >= 0.6 is 11.6 Å². The number of carboxylic acid groups (broad SMARTS) is 1. The van der Waals surface area contributed by atoms with Crippen LogP contribution in [0.25, 0.3) is 5.70 Å². The quantitative estimate of drug-likeness (QED) is 0.280. The molecule has 5 N–H and O–H groups in total. The SMILES string of the molecule is CN(C(=O)NCc1cccc(F)c1Cl)C(CCC(=O)N1CCNCC1)CC1(NC(=O)O)C=C(c2cccc(F)c2)NO1. The van der Waals surface area contributed by atoms with Gasteiger partial charge in [0.15, 0.2) is 5.72 Å². The zero-order valence-electron chi connectivity index (χ0n) is 23.0. The van der Waals surface area contributed by atoms with Crippen LogP contribution in [-0.2, 0) is 16.2 Å². The fourth-order valence-electron chi connectivity index (χ4n) is 4.92. The van der Waals surface area contributed by atoms with Crippen molar-refractivity contribution in [1.82, 2.24) is 31.2 Å². The Balaban J connectivity index is 1.55. The van der Waals surface area contributed by atoms with Gasteiger partial charge in [-0.15, -0.1) is 0 Å². The Labute approximate surface area is 246 Å². The maximum Gasteiger partial charge on any atom is 0.407 e. The molecule has 2 heterocycles. The number of hydrogen-bond acceptors (Lipinski definition) is 6. The van der Waals surface area contributed by atoms with E-state index in [2.05, 4.69) is 21.4 Å². The van der Waals surface area contributed by atoms with Gasteiger partial charge in [0.05, 0.1) is 10.7 Å². The van der Waals surface area contributed by atoms with Crippen molar-refractivity contribution in [2.75, 3.05) is 33.2 Å². The van der Waals surface area contributed by atoms with Gasteiger partial charge in [0.2, 0.25) is 5.91 Å². The van der Waals surface area contributed by atoms with E-state index in [4.69, 9.17) is 16.4 Å². The average molecular weight is 607 g/mol. The molecule has 1 fully saturated rings. The minimum atomic E-state index is -1.66. The van der Waals surface area contributed by atoms with E-state index >= 15 is 0 Å². The van der Waals surface area contributed by atoms with Gasteiger partial charge in [-0.2, -0.15) is 0 Å². The highest BCUT2D eigenvalue weighted by Gasteiger charge is 2.41. The number of nitrogens with one attached hydrogen (secondary N) is 4. The van der Waals surface area contributed by atoms with Crippen LogP contribution in [0.1, 0.15) is 30.4 Å². The molecule has 0 spiro atoms. The summed E-state index contributed by atoms with van der Waals surface area (Å²) < 4.78 is 27.7. The van der Waals surface area contributed by atoms with Gasteiger partial charge < -0.3 is 25.5 Å². The monoisotopic (exact) mass is 606 g/mol. The van der Waals surface area contributed by atoms with Crippen LogP contribution in [0.4, 0.5) is 18.4 Å². The van der Waals surface area contributed by atoms with Crippen LogP contribution in [0.5, 0.6) is 0 Å².